The van der Waals surface area contributed by atoms with Crippen molar-refractivity contribution in [1.82, 2.24) is 9.88 Å². The summed E-state index contributed by atoms with van der Waals surface area (Å²) in [5.41, 5.74) is 0.485. The summed E-state index contributed by atoms with van der Waals surface area (Å²) in [7, 11) is 1.81. The van der Waals surface area contributed by atoms with Crippen LogP contribution in [0.3, 0.4) is 0 Å². The first-order valence-corrected chi connectivity index (χ1v) is 7.12. The average Bonchev–Trinajstić information content (AvgIpc) is 2.28. The van der Waals surface area contributed by atoms with E-state index >= 15 is 0 Å². The van der Waals surface area contributed by atoms with Crippen molar-refractivity contribution >= 4 is 33.6 Å². The third-order valence-corrected chi connectivity index (χ3v) is 3.62. The lowest BCUT2D eigenvalue weighted by molar-refractivity contribution is 0.0751. The quantitative estimate of drug-likeness (QED) is 0.857. The molecule has 1 aromatic heterocycles. The van der Waals surface area contributed by atoms with Crippen molar-refractivity contribution in [2.24, 2.45) is 0 Å². The Kier molecular flexibility index (Phi) is 5.28. The number of amides is 1. The molecule has 0 aliphatic rings. The molecule has 0 radical (unpaired) electrons. The molecule has 0 spiro atoms. The van der Waals surface area contributed by atoms with E-state index in [-0.39, 0.29) is 11.9 Å². The monoisotopic (exact) mass is 302 g/mol. The van der Waals surface area contributed by atoms with Gasteiger partial charge in [0.05, 0.1) is 0 Å². The van der Waals surface area contributed by atoms with Crippen molar-refractivity contribution in [2.45, 2.75) is 13.0 Å². The van der Waals surface area contributed by atoms with Crippen LogP contribution in [0.15, 0.2) is 22.8 Å². The van der Waals surface area contributed by atoms with Gasteiger partial charge < -0.3 is 4.90 Å². The third-order valence-electron chi connectivity index (χ3n) is 2.34. The summed E-state index contributed by atoms with van der Waals surface area (Å²) in [6.07, 6.45) is 3.67. The molecule has 0 fully saturated rings. The molecule has 0 aliphatic carbocycles. The fourth-order valence-corrected chi connectivity index (χ4v) is 2.18. The summed E-state index contributed by atoms with van der Waals surface area (Å²) in [6.45, 7) is 2.03. The molecule has 0 saturated heterocycles. The van der Waals surface area contributed by atoms with Crippen LogP contribution in [0, 0.1) is 0 Å². The van der Waals surface area contributed by atoms with E-state index in [1.54, 1.807) is 28.9 Å². The highest BCUT2D eigenvalue weighted by Gasteiger charge is 2.17. The SMILES string of the molecule is CSCC(C)N(C)C(=O)c1ccc(Br)cn1. The first kappa shape index (κ1) is 13.5. The Hall–Kier alpha value is -0.550. The lowest BCUT2D eigenvalue weighted by Crippen LogP contribution is -2.37. The molecule has 1 aromatic rings. The Labute approximate surface area is 109 Å². The number of aromatic nitrogens is 1. The number of pyridine rings is 1. The molecule has 1 unspecified atom stereocenters. The van der Waals surface area contributed by atoms with Gasteiger partial charge in [0.1, 0.15) is 5.69 Å². The van der Waals surface area contributed by atoms with Crippen LogP contribution >= 0.6 is 27.7 Å². The van der Waals surface area contributed by atoms with Gasteiger partial charge in [-0.05, 0) is 41.2 Å². The number of carbonyl (C=O) groups excluding carboxylic acids is 1. The molecule has 3 nitrogen and oxygen atoms in total. The van der Waals surface area contributed by atoms with E-state index in [9.17, 15) is 4.79 Å². The molecule has 88 valence electrons. The number of hydrogen-bond donors (Lipinski definition) is 0. The zero-order valence-corrected chi connectivity index (χ0v) is 12.0. The number of halogens is 1. The topological polar surface area (TPSA) is 33.2 Å². The van der Waals surface area contributed by atoms with Crippen molar-refractivity contribution < 1.29 is 4.79 Å². The Bertz CT molecular complexity index is 356. The maximum atomic E-state index is 12.0. The third kappa shape index (κ3) is 3.49. The molecular weight excluding hydrogens is 288 g/mol. The number of hydrogen-bond acceptors (Lipinski definition) is 3. The Balaban J connectivity index is 2.73. The van der Waals surface area contributed by atoms with Gasteiger partial charge in [-0.15, -0.1) is 0 Å². The molecule has 0 saturated carbocycles. The van der Waals surface area contributed by atoms with E-state index in [1.165, 1.54) is 0 Å². The summed E-state index contributed by atoms with van der Waals surface area (Å²) in [5.74, 6) is 0.896. The normalized spacial score (nSPS) is 12.2. The fraction of sp³-hybridized carbons (Fsp3) is 0.455. The predicted octanol–water partition coefficient (Wildman–Crippen LogP) is 2.67. The van der Waals surface area contributed by atoms with Crippen LogP contribution in [0.2, 0.25) is 0 Å². The van der Waals surface area contributed by atoms with Crippen molar-refractivity contribution in [3.05, 3.63) is 28.5 Å². The van der Waals surface area contributed by atoms with E-state index in [0.29, 0.717) is 5.69 Å². The minimum Gasteiger partial charge on any atom is -0.337 e. The van der Waals surface area contributed by atoms with Crippen LogP contribution in [0.25, 0.3) is 0 Å². The molecule has 1 atom stereocenters. The van der Waals surface area contributed by atoms with Crippen LogP contribution < -0.4 is 0 Å². The average molecular weight is 303 g/mol. The molecule has 0 bridgehead atoms. The van der Waals surface area contributed by atoms with Crippen LogP contribution in [0.1, 0.15) is 17.4 Å². The highest BCUT2D eigenvalue weighted by Crippen LogP contribution is 2.11. The predicted molar refractivity (Wildman–Crippen MR) is 71.9 cm³/mol. The first-order chi connectivity index (χ1) is 7.56. The fourth-order valence-electron chi connectivity index (χ4n) is 1.24. The van der Waals surface area contributed by atoms with E-state index in [1.807, 2.05) is 26.3 Å². The van der Waals surface area contributed by atoms with Crippen molar-refractivity contribution in [2.75, 3.05) is 19.1 Å². The number of rotatable bonds is 4. The second-order valence-corrected chi connectivity index (χ2v) is 5.41. The van der Waals surface area contributed by atoms with Crippen LogP contribution in [-0.4, -0.2) is 40.9 Å². The molecule has 1 rings (SSSR count). The molecular formula is C11H15BrN2OS. The van der Waals surface area contributed by atoms with Gasteiger partial charge in [0.2, 0.25) is 0 Å². The Morgan fingerprint density at radius 3 is 2.81 bits per heavy atom. The molecule has 0 aromatic carbocycles. The molecule has 5 heteroatoms. The number of thioether (sulfide) groups is 1. The Morgan fingerprint density at radius 2 is 2.31 bits per heavy atom. The van der Waals surface area contributed by atoms with Gasteiger partial charge in [0.15, 0.2) is 0 Å². The summed E-state index contributed by atoms with van der Waals surface area (Å²) >= 11 is 5.03. The maximum Gasteiger partial charge on any atom is 0.272 e. The standard InChI is InChI=1S/C11H15BrN2OS/c1-8(7-16-3)14(2)11(15)10-5-4-9(12)6-13-10/h4-6,8H,7H2,1-3H3. The summed E-state index contributed by atoms with van der Waals surface area (Å²) in [5, 5.41) is 0. The highest BCUT2D eigenvalue weighted by atomic mass is 79.9. The smallest absolute Gasteiger partial charge is 0.272 e. The van der Waals surface area contributed by atoms with E-state index < -0.39 is 0 Å². The highest BCUT2D eigenvalue weighted by molar-refractivity contribution is 9.10. The molecule has 1 heterocycles. The minimum absolute atomic E-state index is 0.0333. The largest absolute Gasteiger partial charge is 0.337 e. The summed E-state index contributed by atoms with van der Waals surface area (Å²) in [4.78, 5) is 17.8. The second-order valence-electron chi connectivity index (χ2n) is 3.58. The molecule has 16 heavy (non-hydrogen) atoms. The van der Waals surface area contributed by atoms with Crippen LogP contribution in [0.5, 0.6) is 0 Å². The second kappa shape index (κ2) is 6.25. The number of nitrogens with zero attached hydrogens (tertiary/aromatic N) is 2. The molecule has 1 amide bonds. The van der Waals surface area contributed by atoms with Gasteiger partial charge in [-0.1, -0.05) is 0 Å². The van der Waals surface area contributed by atoms with Gasteiger partial charge in [0.25, 0.3) is 5.91 Å². The molecule has 0 aliphatic heterocycles. The van der Waals surface area contributed by atoms with Crippen LogP contribution in [0.4, 0.5) is 0 Å². The van der Waals surface area contributed by atoms with Gasteiger partial charge >= 0.3 is 0 Å². The van der Waals surface area contributed by atoms with E-state index in [0.717, 1.165) is 10.2 Å². The zero-order valence-electron chi connectivity index (χ0n) is 9.61. The Morgan fingerprint density at radius 1 is 1.62 bits per heavy atom. The van der Waals surface area contributed by atoms with E-state index in [4.69, 9.17) is 0 Å². The van der Waals surface area contributed by atoms with Gasteiger partial charge in [-0.2, -0.15) is 11.8 Å². The zero-order chi connectivity index (χ0) is 12.1. The maximum absolute atomic E-state index is 12.0. The van der Waals surface area contributed by atoms with Crippen molar-refractivity contribution in [1.29, 1.82) is 0 Å². The lowest BCUT2D eigenvalue weighted by Gasteiger charge is -2.23. The van der Waals surface area contributed by atoms with E-state index in [2.05, 4.69) is 20.9 Å². The number of carbonyl (C=O) groups is 1. The first-order valence-electron chi connectivity index (χ1n) is 4.94. The minimum atomic E-state index is -0.0333. The summed E-state index contributed by atoms with van der Waals surface area (Å²) < 4.78 is 0.879. The lowest BCUT2D eigenvalue weighted by atomic mass is 10.2. The van der Waals surface area contributed by atoms with Crippen molar-refractivity contribution in [3.8, 4) is 0 Å². The van der Waals surface area contributed by atoms with Gasteiger partial charge in [0, 0.05) is 29.5 Å². The van der Waals surface area contributed by atoms with Crippen molar-refractivity contribution in [3.63, 3.8) is 0 Å². The van der Waals surface area contributed by atoms with Gasteiger partial charge in [-0.3, -0.25) is 4.79 Å². The summed E-state index contributed by atoms with van der Waals surface area (Å²) in [6, 6.07) is 3.77. The van der Waals surface area contributed by atoms with Gasteiger partial charge in [-0.25, -0.2) is 4.98 Å². The molecule has 0 N–H and O–H groups in total. The van der Waals surface area contributed by atoms with Crippen LogP contribution in [-0.2, 0) is 0 Å².